The van der Waals surface area contributed by atoms with E-state index in [9.17, 15) is 14.4 Å². The molecule has 2 aliphatic heterocycles. The predicted octanol–water partition coefficient (Wildman–Crippen LogP) is 3.49. The van der Waals surface area contributed by atoms with E-state index in [1.54, 1.807) is 24.3 Å². The topological polar surface area (TPSA) is 118 Å². The lowest BCUT2D eigenvalue weighted by Crippen LogP contribution is -2.49. The molecule has 0 saturated carbocycles. The molecule has 0 radical (unpaired) electrons. The maximum absolute atomic E-state index is 12.6. The van der Waals surface area contributed by atoms with Gasteiger partial charge in [0.1, 0.15) is 8.96 Å². The van der Waals surface area contributed by atoms with Crippen LogP contribution in [0.15, 0.2) is 81.0 Å². The van der Waals surface area contributed by atoms with E-state index in [0.29, 0.717) is 22.8 Å². The van der Waals surface area contributed by atoms with Gasteiger partial charge in [0.05, 0.1) is 11.4 Å². The Morgan fingerprint density at radius 1 is 0.688 bits per heavy atom. The van der Waals surface area contributed by atoms with Gasteiger partial charge in [-0.15, -0.1) is 0 Å². The van der Waals surface area contributed by atoms with Crippen LogP contribution in [0.1, 0.15) is 0 Å². The Balaban J connectivity index is 1.44. The summed E-state index contributed by atoms with van der Waals surface area (Å²) in [4.78, 5) is 36.7. The van der Waals surface area contributed by atoms with E-state index in [-0.39, 0.29) is 8.96 Å². The molecule has 2 amide bonds. The highest BCUT2D eigenvalue weighted by Gasteiger charge is 2.37. The molecule has 0 aliphatic carbocycles. The first-order valence-corrected chi connectivity index (χ1v) is 10.9. The summed E-state index contributed by atoms with van der Waals surface area (Å²) in [5.41, 5.74) is 2.07. The molecule has 0 saturated heterocycles. The van der Waals surface area contributed by atoms with Gasteiger partial charge in [-0.3, -0.25) is 10.6 Å². The van der Waals surface area contributed by atoms with Crippen LogP contribution < -0.4 is 21.3 Å². The highest BCUT2D eigenvalue weighted by atomic mass is 79.9. The number of para-hydroxylation sites is 2. The van der Waals surface area contributed by atoms with Gasteiger partial charge >= 0.3 is 18.0 Å². The van der Waals surface area contributed by atoms with Crippen molar-refractivity contribution in [1.29, 1.82) is 0 Å². The van der Waals surface area contributed by atoms with Crippen molar-refractivity contribution in [3.05, 3.63) is 81.0 Å². The Kier molecular flexibility index (Phi) is 6.47. The maximum atomic E-state index is 12.6. The fourth-order valence-corrected chi connectivity index (χ4v) is 3.76. The number of anilines is 2. The van der Waals surface area contributed by atoms with Crippen LogP contribution in [0.25, 0.3) is 0 Å². The second kappa shape index (κ2) is 9.45. The molecule has 2 unspecified atom stereocenters. The number of ether oxygens (including phenoxy) is 2. The van der Waals surface area contributed by atoms with E-state index in [2.05, 4.69) is 53.1 Å². The molecule has 2 aromatic rings. The number of urea groups is 1. The van der Waals surface area contributed by atoms with Crippen LogP contribution in [0.2, 0.25) is 0 Å². The molecule has 2 heterocycles. The van der Waals surface area contributed by atoms with Gasteiger partial charge in [-0.2, -0.15) is 0 Å². The normalized spacial score (nSPS) is 20.1. The van der Waals surface area contributed by atoms with Crippen LogP contribution >= 0.6 is 31.9 Å². The van der Waals surface area contributed by atoms with E-state index >= 15 is 0 Å². The summed E-state index contributed by atoms with van der Waals surface area (Å²) >= 11 is 6.37. The smallest absolute Gasteiger partial charge is 0.349 e. The minimum atomic E-state index is -1.08. The molecule has 9 nitrogen and oxygen atoms in total. The summed E-state index contributed by atoms with van der Waals surface area (Å²) in [5.74, 6) is -1.26. The largest absolute Gasteiger partial charge is 0.432 e. The van der Waals surface area contributed by atoms with Crippen molar-refractivity contribution < 1.29 is 23.9 Å². The Morgan fingerprint density at radius 2 is 1.06 bits per heavy atom. The monoisotopic (exact) mass is 562 g/mol. The van der Waals surface area contributed by atoms with Gasteiger partial charge in [0.2, 0.25) is 12.5 Å². The average molecular weight is 564 g/mol. The summed E-state index contributed by atoms with van der Waals surface area (Å²) < 4.78 is 10.8. The number of cyclic esters (lactones) is 2. The quantitative estimate of drug-likeness (QED) is 0.397. The molecule has 0 spiro atoms. The number of carbonyl (C=O) groups is 3. The maximum Gasteiger partial charge on any atom is 0.349 e. The summed E-state index contributed by atoms with van der Waals surface area (Å²) in [6, 6.07) is 17.5. The van der Waals surface area contributed by atoms with E-state index in [1.165, 1.54) is 0 Å². The molecule has 2 aliphatic rings. The number of halogens is 2. The van der Waals surface area contributed by atoms with E-state index in [1.807, 2.05) is 36.4 Å². The fraction of sp³-hybridized carbons (Fsp3) is 0.0952. The van der Waals surface area contributed by atoms with Crippen molar-refractivity contribution in [2.75, 3.05) is 10.6 Å². The standard InChI is InChI=1S/C21H16Br2N4O5/c22-13-15(24-11-7-3-1-4-8-11)17(31-19(13)28)26-21(30)27-18-16(14(23)20(29)32-18)25-12-9-5-2-6-10-12/h1-10,17-18,24-25H,(H2,26,27,30). The first-order valence-electron chi connectivity index (χ1n) is 9.35. The lowest BCUT2D eigenvalue weighted by Gasteiger charge is -2.21. The highest BCUT2D eigenvalue weighted by molar-refractivity contribution is 9.12. The van der Waals surface area contributed by atoms with Crippen LogP contribution in [0, 0.1) is 0 Å². The molecule has 0 aromatic heterocycles. The zero-order chi connectivity index (χ0) is 22.7. The molecule has 2 aromatic carbocycles. The molecule has 0 bridgehead atoms. The van der Waals surface area contributed by atoms with Gasteiger partial charge < -0.3 is 20.1 Å². The van der Waals surface area contributed by atoms with Crippen molar-refractivity contribution in [3.63, 3.8) is 0 Å². The number of amides is 2. The van der Waals surface area contributed by atoms with Gasteiger partial charge in [-0.25, -0.2) is 14.4 Å². The number of hydrogen-bond donors (Lipinski definition) is 4. The van der Waals surface area contributed by atoms with Gasteiger partial charge in [-0.1, -0.05) is 36.4 Å². The zero-order valence-corrected chi connectivity index (χ0v) is 19.4. The van der Waals surface area contributed by atoms with Gasteiger partial charge in [0.15, 0.2) is 0 Å². The van der Waals surface area contributed by atoms with Crippen LogP contribution in [0.4, 0.5) is 16.2 Å². The first kappa shape index (κ1) is 21.9. The summed E-state index contributed by atoms with van der Waals surface area (Å²) in [7, 11) is 0. The zero-order valence-electron chi connectivity index (χ0n) is 16.2. The number of esters is 2. The fourth-order valence-electron chi connectivity index (χ4n) is 2.96. The van der Waals surface area contributed by atoms with Crippen LogP contribution in [0.5, 0.6) is 0 Å². The van der Waals surface area contributed by atoms with Crippen LogP contribution in [-0.2, 0) is 19.1 Å². The minimum Gasteiger partial charge on any atom is -0.432 e. The third-order valence-electron chi connectivity index (χ3n) is 4.44. The van der Waals surface area contributed by atoms with E-state index in [4.69, 9.17) is 9.47 Å². The lowest BCUT2D eigenvalue weighted by atomic mass is 10.3. The lowest BCUT2D eigenvalue weighted by molar-refractivity contribution is -0.139. The number of benzene rings is 2. The van der Waals surface area contributed by atoms with Crippen molar-refractivity contribution >= 4 is 61.2 Å². The Hall–Kier alpha value is -3.31. The number of hydrogen-bond acceptors (Lipinski definition) is 7. The molecule has 2 atom stereocenters. The van der Waals surface area contributed by atoms with Gasteiger partial charge in [-0.05, 0) is 56.1 Å². The predicted molar refractivity (Wildman–Crippen MR) is 123 cm³/mol. The first-order chi connectivity index (χ1) is 15.4. The van der Waals surface area contributed by atoms with Gasteiger partial charge in [0, 0.05) is 11.4 Å². The van der Waals surface area contributed by atoms with Crippen molar-refractivity contribution in [1.82, 2.24) is 10.6 Å². The highest BCUT2D eigenvalue weighted by Crippen LogP contribution is 2.29. The second-order valence-electron chi connectivity index (χ2n) is 6.63. The van der Waals surface area contributed by atoms with Crippen molar-refractivity contribution in [3.8, 4) is 0 Å². The molecule has 32 heavy (non-hydrogen) atoms. The molecule has 11 heteroatoms. The third-order valence-corrected chi connectivity index (χ3v) is 5.94. The Morgan fingerprint density at radius 3 is 1.44 bits per heavy atom. The van der Waals surface area contributed by atoms with E-state index in [0.717, 1.165) is 0 Å². The molecular weight excluding hydrogens is 548 g/mol. The number of nitrogens with one attached hydrogen (secondary N) is 4. The molecule has 4 rings (SSSR count). The molecule has 0 fully saturated rings. The van der Waals surface area contributed by atoms with E-state index < -0.39 is 30.4 Å². The molecule has 4 N–H and O–H groups in total. The minimum absolute atomic E-state index is 0.160. The SMILES string of the molecule is O=C(NC1OC(=O)C(Br)=C1Nc1ccccc1)NC1OC(=O)C(Br)=C1Nc1ccccc1. The summed E-state index contributed by atoms with van der Waals surface area (Å²) in [6.45, 7) is 0. The van der Waals surface area contributed by atoms with Crippen molar-refractivity contribution in [2.45, 2.75) is 12.5 Å². The van der Waals surface area contributed by atoms with Crippen LogP contribution in [0.3, 0.4) is 0 Å². The van der Waals surface area contributed by atoms with Crippen molar-refractivity contribution in [2.24, 2.45) is 0 Å². The summed E-state index contributed by atoms with van der Waals surface area (Å²) in [6.07, 6.45) is -2.15. The Bertz CT molecular complexity index is 1030. The average Bonchev–Trinajstić information content (AvgIpc) is 3.19. The van der Waals surface area contributed by atoms with Crippen LogP contribution in [-0.4, -0.2) is 30.4 Å². The molecule has 164 valence electrons. The summed E-state index contributed by atoms with van der Waals surface area (Å²) in [5, 5.41) is 11.2. The Labute approximate surface area is 199 Å². The van der Waals surface area contributed by atoms with Gasteiger partial charge in [0.25, 0.3) is 0 Å². The molecular formula is C21H16Br2N4O5. The second-order valence-corrected chi connectivity index (χ2v) is 8.21. The number of rotatable bonds is 6. The number of carbonyl (C=O) groups excluding carboxylic acids is 3. The third kappa shape index (κ3) is 4.78.